The van der Waals surface area contributed by atoms with Crippen molar-refractivity contribution in [3.05, 3.63) is 47.7 Å². The Morgan fingerprint density at radius 3 is 2.88 bits per heavy atom. The van der Waals surface area contributed by atoms with Crippen molar-refractivity contribution in [2.24, 2.45) is 0 Å². The third-order valence-corrected chi connectivity index (χ3v) is 2.20. The van der Waals surface area contributed by atoms with Crippen molar-refractivity contribution < 1.29 is 4.39 Å². The molecule has 5 heteroatoms. The first-order valence-electron chi connectivity index (χ1n) is 4.95. The summed E-state index contributed by atoms with van der Waals surface area (Å²) in [5.41, 5.74) is 1.16. The van der Waals surface area contributed by atoms with E-state index in [0.29, 0.717) is 17.1 Å². The minimum atomic E-state index is -0.287. The molecular formula is C12H9FN4. The van der Waals surface area contributed by atoms with Gasteiger partial charge in [0.1, 0.15) is 17.7 Å². The Kier molecular flexibility index (Phi) is 2.97. The number of nitrogens with one attached hydrogen (secondary N) is 1. The fourth-order valence-corrected chi connectivity index (χ4v) is 1.30. The minimum Gasteiger partial charge on any atom is -0.340 e. The van der Waals surface area contributed by atoms with Crippen molar-refractivity contribution in [3.8, 4) is 6.07 Å². The summed E-state index contributed by atoms with van der Waals surface area (Å²) >= 11 is 0. The van der Waals surface area contributed by atoms with Crippen molar-refractivity contribution in [3.63, 3.8) is 0 Å². The van der Waals surface area contributed by atoms with Crippen LogP contribution in [0, 0.1) is 24.1 Å². The molecule has 0 spiro atoms. The summed E-state index contributed by atoms with van der Waals surface area (Å²) in [5, 5.41) is 11.6. The van der Waals surface area contributed by atoms with Gasteiger partial charge >= 0.3 is 0 Å². The highest BCUT2D eigenvalue weighted by molar-refractivity contribution is 5.56. The van der Waals surface area contributed by atoms with E-state index in [1.807, 2.05) is 6.07 Å². The Bertz CT molecular complexity index is 589. The first kappa shape index (κ1) is 11.0. The molecule has 4 nitrogen and oxygen atoms in total. The van der Waals surface area contributed by atoms with Crippen molar-refractivity contribution in [1.29, 1.82) is 5.26 Å². The lowest BCUT2D eigenvalue weighted by Gasteiger charge is -2.06. The molecule has 1 aromatic heterocycles. The average molecular weight is 228 g/mol. The van der Waals surface area contributed by atoms with Crippen LogP contribution in [0.2, 0.25) is 0 Å². The molecule has 0 amide bonds. The standard InChI is InChI=1S/C12H9FN4/c1-8-2-3-9(6-10(8)13)16-11-4-5-15-12(7-14)17-11/h2-6H,1H3,(H,15,16,17). The molecule has 1 aromatic carbocycles. The van der Waals surface area contributed by atoms with Gasteiger partial charge in [-0.1, -0.05) is 6.07 Å². The SMILES string of the molecule is Cc1ccc(Nc2ccnc(C#N)n2)cc1F. The average Bonchev–Trinajstić information content (AvgIpc) is 2.34. The van der Waals surface area contributed by atoms with Crippen molar-refractivity contribution in [2.45, 2.75) is 6.92 Å². The molecule has 84 valence electrons. The second kappa shape index (κ2) is 4.58. The molecule has 0 fully saturated rings. The number of hydrogen-bond donors (Lipinski definition) is 1. The van der Waals surface area contributed by atoms with Crippen LogP contribution in [0.15, 0.2) is 30.5 Å². The number of aromatic nitrogens is 2. The molecule has 0 aliphatic rings. The lowest BCUT2D eigenvalue weighted by atomic mass is 10.2. The largest absolute Gasteiger partial charge is 0.340 e. The molecule has 0 atom stereocenters. The number of aryl methyl sites for hydroxylation is 1. The molecule has 0 saturated carbocycles. The first-order valence-corrected chi connectivity index (χ1v) is 4.95. The zero-order chi connectivity index (χ0) is 12.3. The molecular weight excluding hydrogens is 219 g/mol. The number of nitriles is 1. The van der Waals surface area contributed by atoms with Gasteiger partial charge in [-0.25, -0.2) is 14.4 Å². The predicted octanol–water partition coefficient (Wildman–Crippen LogP) is 2.54. The van der Waals surface area contributed by atoms with Gasteiger partial charge in [-0.3, -0.25) is 0 Å². The van der Waals surface area contributed by atoms with Gasteiger partial charge in [0.05, 0.1) is 0 Å². The number of anilines is 2. The molecule has 0 aliphatic heterocycles. The first-order chi connectivity index (χ1) is 8.19. The summed E-state index contributed by atoms with van der Waals surface area (Å²) in [4.78, 5) is 7.68. The maximum Gasteiger partial charge on any atom is 0.234 e. The Balaban J connectivity index is 2.25. The van der Waals surface area contributed by atoms with Gasteiger partial charge in [-0.05, 0) is 30.7 Å². The maximum absolute atomic E-state index is 13.3. The number of benzene rings is 1. The van der Waals surface area contributed by atoms with Crippen LogP contribution in [0.3, 0.4) is 0 Å². The fourth-order valence-electron chi connectivity index (χ4n) is 1.30. The van der Waals surface area contributed by atoms with Gasteiger partial charge < -0.3 is 5.32 Å². The summed E-state index contributed by atoms with van der Waals surface area (Å²) in [6.45, 7) is 1.69. The smallest absolute Gasteiger partial charge is 0.234 e. The highest BCUT2D eigenvalue weighted by atomic mass is 19.1. The van der Waals surface area contributed by atoms with Crippen LogP contribution in [-0.4, -0.2) is 9.97 Å². The summed E-state index contributed by atoms with van der Waals surface area (Å²) in [7, 11) is 0. The van der Waals surface area contributed by atoms with Crippen LogP contribution < -0.4 is 5.32 Å². The van der Waals surface area contributed by atoms with Crippen molar-refractivity contribution in [1.82, 2.24) is 9.97 Å². The van der Waals surface area contributed by atoms with E-state index >= 15 is 0 Å². The number of halogens is 1. The Morgan fingerprint density at radius 1 is 1.35 bits per heavy atom. The van der Waals surface area contributed by atoms with Gasteiger partial charge in [-0.2, -0.15) is 5.26 Å². The highest BCUT2D eigenvalue weighted by Gasteiger charge is 2.01. The summed E-state index contributed by atoms with van der Waals surface area (Å²) < 4.78 is 13.3. The maximum atomic E-state index is 13.3. The predicted molar refractivity (Wildman–Crippen MR) is 61.2 cm³/mol. The lowest BCUT2D eigenvalue weighted by Crippen LogP contribution is -1.97. The number of hydrogen-bond acceptors (Lipinski definition) is 4. The van der Waals surface area contributed by atoms with E-state index in [4.69, 9.17) is 5.26 Å². The second-order valence-corrected chi connectivity index (χ2v) is 3.47. The van der Waals surface area contributed by atoms with Crippen LogP contribution in [0.1, 0.15) is 11.4 Å². The Labute approximate surface area is 97.8 Å². The van der Waals surface area contributed by atoms with E-state index in [-0.39, 0.29) is 11.6 Å². The van der Waals surface area contributed by atoms with E-state index in [1.54, 1.807) is 25.1 Å². The fraction of sp³-hybridized carbons (Fsp3) is 0.0833. The molecule has 0 aliphatic carbocycles. The zero-order valence-corrected chi connectivity index (χ0v) is 9.11. The monoisotopic (exact) mass is 228 g/mol. The molecule has 0 radical (unpaired) electrons. The van der Waals surface area contributed by atoms with Gasteiger partial charge in [0.2, 0.25) is 5.82 Å². The van der Waals surface area contributed by atoms with E-state index in [1.165, 1.54) is 12.3 Å². The van der Waals surface area contributed by atoms with E-state index < -0.39 is 0 Å². The van der Waals surface area contributed by atoms with Crippen LogP contribution in [0.25, 0.3) is 0 Å². The number of rotatable bonds is 2. The molecule has 0 bridgehead atoms. The lowest BCUT2D eigenvalue weighted by molar-refractivity contribution is 0.619. The van der Waals surface area contributed by atoms with Crippen molar-refractivity contribution >= 4 is 11.5 Å². The Hall–Kier alpha value is -2.48. The van der Waals surface area contributed by atoms with E-state index in [0.717, 1.165) is 0 Å². The van der Waals surface area contributed by atoms with E-state index in [2.05, 4.69) is 15.3 Å². The van der Waals surface area contributed by atoms with E-state index in [9.17, 15) is 4.39 Å². The third-order valence-electron chi connectivity index (χ3n) is 2.20. The van der Waals surface area contributed by atoms with Gasteiger partial charge in [0.15, 0.2) is 0 Å². The van der Waals surface area contributed by atoms with Crippen LogP contribution >= 0.6 is 0 Å². The normalized spacial score (nSPS) is 9.71. The minimum absolute atomic E-state index is 0.0718. The molecule has 0 unspecified atom stereocenters. The van der Waals surface area contributed by atoms with Crippen molar-refractivity contribution in [2.75, 3.05) is 5.32 Å². The summed E-state index contributed by atoms with van der Waals surface area (Å²) in [6, 6.07) is 8.24. The topological polar surface area (TPSA) is 61.6 Å². The third kappa shape index (κ3) is 2.55. The van der Waals surface area contributed by atoms with Gasteiger partial charge in [0.25, 0.3) is 0 Å². The molecule has 1 N–H and O–H groups in total. The molecule has 17 heavy (non-hydrogen) atoms. The second-order valence-electron chi connectivity index (χ2n) is 3.47. The Morgan fingerprint density at radius 2 is 2.18 bits per heavy atom. The summed E-state index contributed by atoms with van der Waals surface area (Å²) in [6.07, 6.45) is 1.47. The van der Waals surface area contributed by atoms with Crippen LogP contribution in [0.4, 0.5) is 15.9 Å². The molecule has 0 saturated heterocycles. The van der Waals surface area contributed by atoms with Crippen LogP contribution in [0.5, 0.6) is 0 Å². The molecule has 2 rings (SSSR count). The zero-order valence-electron chi connectivity index (χ0n) is 9.11. The highest BCUT2D eigenvalue weighted by Crippen LogP contribution is 2.17. The van der Waals surface area contributed by atoms with Crippen LogP contribution in [-0.2, 0) is 0 Å². The quantitative estimate of drug-likeness (QED) is 0.857. The van der Waals surface area contributed by atoms with Gasteiger partial charge in [-0.15, -0.1) is 0 Å². The summed E-state index contributed by atoms with van der Waals surface area (Å²) in [5.74, 6) is 0.243. The molecule has 1 heterocycles. The molecule has 2 aromatic rings. The number of nitrogens with zero attached hydrogens (tertiary/aromatic N) is 3. The van der Waals surface area contributed by atoms with Gasteiger partial charge in [0, 0.05) is 11.9 Å².